The number of piperazine rings is 1. The summed E-state index contributed by atoms with van der Waals surface area (Å²) in [6.07, 6.45) is 10.1. The molecule has 2 aromatic heterocycles. The summed E-state index contributed by atoms with van der Waals surface area (Å²) in [5.41, 5.74) is 1.01. The molecular formula is C36H35F3N6O. The number of aromatic nitrogens is 3. The molecule has 2 aromatic carbocycles. The number of pyridine rings is 1. The second-order valence-electron chi connectivity index (χ2n) is 14.0. The van der Waals surface area contributed by atoms with E-state index >= 15 is 4.39 Å². The zero-order chi connectivity index (χ0) is 31.3. The smallest absolute Gasteiger partial charge is 0.319 e. The molecule has 0 aliphatic carbocycles. The fourth-order valence-corrected chi connectivity index (χ4v) is 9.21. The van der Waals surface area contributed by atoms with Gasteiger partial charge in [0.1, 0.15) is 35.6 Å². The number of halogens is 3. The number of fused-ring (bicyclic) bond motifs is 7. The molecule has 46 heavy (non-hydrogen) atoms. The van der Waals surface area contributed by atoms with Gasteiger partial charge in [-0.1, -0.05) is 37.1 Å². The Kier molecular flexibility index (Phi) is 6.32. The Morgan fingerprint density at radius 1 is 1.11 bits per heavy atom. The summed E-state index contributed by atoms with van der Waals surface area (Å²) < 4.78 is 53.0. The van der Waals surface area contributed by atoms with Gasteiger partial charge >= 0.3 is 6.01 Å². The van der Waals surface area contributed by atoms with Crippen LogP contribution in [0.15, 0.2) is 30.3 Å². The summed E-state index contributed by atoms with van der Waals surface area (Å²) in [6.45, 7) is 4.37. The van der Waals surface area contributed by atoms with E-state index in [1.54, 1.807) is 18.2 Å². The van der Waals surface area contributed by atoms with Crippen molar-refractivity contribution in [1.82, 2.24) is 25.2 Å². The van der Waals surface area contributed by atoms with Gasteiger partial charge in [-0.2, -0.15) is 9.97 Å². The van der Waals surface area contributed by atoms with E-state index in [4.69, 9.17) is 26.1 Å². The van der Waals surface area contributed by atoms with Gasteiger partial charge in [-0.15, -0.1) is 6.42 Å². The number of ether oxygens (including phenoxy) is 1. The molecule has 0 amide bonds. The summed E-state index contributed by atoms with van der Waals surface area (Å²) in [5, 5.41) is 5.52. The van der Waals surface area contributed by atoms with E-state index in [1.807, 2.05) is 6.07 Å². The summed E-state index contributed by atoms with van der Waals surface area (Å²) in [5.74, 6) is 1.92. The summed E-state index contributed by atoms with van der Waals surface area (Å²) in [6, 6.07) is 9.20. The summed E-state index contributed by atoms with van der Waals surface area (Å²) >= 11 is 0. The first-order valence-electron chi connectivity index (χ1n) is 16.5. The van der Waals surface area contributed by atoms with Crippen molar-refractivity contribution in [2.75, 3.05) is 31.1 Å². The highest BCUT2D eigenvalue weighted by Crippen LogP contribution is 2.46. The fourth-order valence-electron chi connectivity index (χ4n) is 9.21. The Morgan fingerprint density at radius 2 is 2.00 bits per heavy atom. The van der Waals surface area contributed by atoms with Crippen LogP contribution in [0, 0.1) is 24.0 Å². The maximum absolute atomic E-state index is 17.1. The Balaban J connectivity index is 1.26. The van der Waals surface area contributed by atoms with Gasteiger partial charge in [-0.25, -0.2) is 18.2 Å². The number of terminal acetylenes is 1. The topological polar surface area (TPSA) is 66.4 Å². The van der Waals surface area contributed by atoms with Crippen LogP contribution in [-0.2, 0) is 0 Å². The highest BCUT2D eigenvalue weighted by molar-refractivity contribution is 6.03. The lowest BCUT2D eigenvalue weighted by Gasteiger charge is -2.41. The third-order valence-corrected chi connectivity index (χ3v) is 11.3. The van der Waals surface area contributed by atoms with E-state index in [0.717, 1.165) is 45.2 Å². The minimum absolute atomic E-state index is 0.0327. The van der Waals surface area contributed by atoms with Crippen LogP contribution in [0.5, 0.6) is 6.01 Å². The molecule has 6 atom stereocenters. The summed E-state index contributed by atoms with van der Waals surface area (Å²) in [4.78, 5) is 19.3. The third-order valence-electron chi connectivity index (χ3n) is 11.3. The molecule has 7 heterocycles. The van der Waals surface area contributed by atoms with Gasteiger partial charge in [0.2, 0.25) is 0 Å². The quantitative estimate of drug-likeness (QED) is 0.285. The van der Waals surface area contributed by atoms with Crippen LogP contribution in [-0.4, -0.2) is 75.9 Å². The lowest BCUT2D eigenvalue weighted by molar-refractivity contribution is 0.107. The second-order valence-corrected chi connectivity index (χ2v) is 14.0. The van der Waals surface area contributed by atoms with Gasteiger partial charge in [-0.3, -0.25) is 4.90 Å². The molecule has 0 saturated carbocycles. The molecular weight excluding hydrogens is 589 g/mol. The molecule has 4 fully saturated rings. The van der Waals surface area contributed by atoms with E-state index in [9.17, 15) is 8.78 Å². The predicted molar refractivity (Wildman–Crippen MR) is 171 cm³/mol. The number of anilines is 1. The zero-order valence-electron chi connectivity index (χ0n) is 25.7. The minimum Gasteiger partial charge on any atom is -0.461 e. The first-order chi connectivity index (χ1) is 22.3. The van der Waals surface area contributed by atoms with Crippen molar-refractivity contribution in [3.63, 3.8) is 0 Å². The van der Waals surface area contributed by atoms with Crippen molar-refractivity contribution in [1.29, 1.82) is 0 Å². The van der Waals surface area contributed by atoms with E-state index in [-0.39, 0.29) is 41.4 Å². The van der Waals surface area contributed by atoms with Gasteiger partial charge in [0.05, 0.1) is 22.2 Å². The first-order valence-corrected chi connectivity index (χ1v) is 16.5. The lowest BCUT2D eigenvalue weighted by Crippen LogP contribution is -2.58. The number of benzene rings is 2. The van der Waals surface area contributed by atoms with Crippen molar-refractivity contribution >= 4 is 27.5 Å². The number of rotatable bonds is 4. The minimum atomic E-state index is -0.892. The average Bonchev–Trinajstić information content (AvgIpc) is 3.70. The maximum atomic E-state index is 17.1. The Hall–Kier alpha value is -3.94. The summed E-state index contributed by atoms with van der Waals surface area (Å²) in [7, 11) is 0. The van der Waals surface area contributed by atoms with Crippen LogP contribution in [0.3, 0.4) is 0 Å². The molecule has 9 rings (SSSR count). The van der Waals surface area contributed by atoms with Crippen molar-refractivity contribution < 1.29 is 17.9 Å². The van der Waals surface area contributed by atoms with Crippen LogP contribution in [0.4, 0.5) is 19.0 Å². The van der Waals surface area contributed by atoms with Gasteiger partial charge in [0.25, 0.3) is 0 Å². The monoisotopic (exact) mass is 624 g/mol. The van der Waals surface area contributed by atoms with E-state index in [2.05, 4.69) is 28.0 Å². The van der Waals surface area contributed by atoms with Crippen molar-refractivity contribution in [2.24, 2.45) is 0 Å². The zero-order valence-corrected chi connectivity index (χ0v) is 25.7. The average molecular weight is 625 g/mol. The molecule has 2 bridgehead atoms. The number of hydrogen-bond acceptors (Lipinski definition) is 7. The van der Waals surface area contributed by atoms with Crippen LogP contribution in [0.2, 0.25) is 0 Å². The highest BCUT2D eigenvalue weighted by atomic mass is 19.1. The largest absolute Gasteiger partial charge is 0.461 e. The van der Waals surface area contributed by atoms with Crippen molar-refractivity contribution in [3.8, 4) is 29.6 Å². The molecule has 1 N–H and O–H groups in total. The molecule has 4 aromatic rings. The first kappa shape index (κ1) is 28.3. The molecule has 10 heteroatoms. The van der Waals surface area contributed by atoms with E-state index in [1.165, 1.54) is 6.07 Å². The fraction of sp³-hybridized carbons (Fsp3) is 0.472. The number of hydrogen-bond donors (Lipinski definition) is 1. The third kappa shape index (κ3) is 4.10. The van der Waals surface area contributed by atoms with E-state index in [0.29, 0.717) is 58.3 Å². The molecule has 0 spiro atoms. The SMILES string of the molecule is C#Cc1c(F)ccc2cccc(-c3nc4c5c(nc(OC[C@@]67CCCN6C[C@H](F)C7)nc5c3F)N3C[C@H]5CC[C@H](N5)[C@H]3C[C@@H]4C)c12. The van der Waals surface area contributed by atoms with Crippen LogP contribution < -0.4 is 15.0 Å². The molecule has 7 nitrogen and oxygen atoms in total. The highest BCUT2D eigenvalue weighted by Gasteiger charge is 2.50. The van der Waals surface area contributed by atoms with Crippen LogP contribution in [0.25, 0.3) is 32.9 Å². The number of alkyl halides is 1. The maximum Gasteiger partial charge on any atom is 0.319 e. The van der Waals surface area contributed by atoms with Gasteiger partial charge in [0.15, 0.2) is 5.82 Å². The van der Waals surface area contributed by atoms with E-state index < -0.39 is 23.3 Å². The Morgan fingerprint density at radius 3 is 2.87 bits per heavy atom. The number of nitrogens with one attached hydrogen (secondary N) is 1. The molecule has 5 aliphatic rings. The number of nitrogens with zero attached hydrogens (tertiary/aromatic N) is 5. The van der Waals surface area contributed by atoms with Crippen LogP contribution >= 0.6 is 0 Å². The predicted octanol–water partition coefficient (Wildman–Crippen LogP) is 5.88. The molecule has 0 radical (unpaired) electrons. The van der Waals surface area contributed by atoms with Gasteiger partial charge < -0.3 is 15.0 Å². The molecule has 236 valence electrons. The molecule has 4 saturated heterocycles. The van der Waals surface area contributed by atoms with Crippen LogP contribution in [0.1, 0.15) is 62.6 Å². The Labute approximate surface area is 265 Å². The second kappa shape index (κ2) is 10.3. The van der Waals surface area contributed by atoms with Crippen molar-refractivity contribution in [2.45, 2.75) is 81.2 Å². The van der Waals surface area contributed by atoms with Gasteiger partial charge in [-0.05, 0) is 50.1 Å². The lowest BCUT2D eigenvalue weighted by atomic mass is 9.91. The Bertz CT molecular complexity index is 1960. The molecule has 0 unspecified atom stereocenters. The molecule has 5 aliphatic heterocycles. The van der Waals surface area contributed by atoms with Gasteiger partial charge in [0, 0.05) is 54.5 Å². The normalized spacial score (nSPS) is 30.0. The standard InChI is InChI=1S/C36H35F3N6O/c1-3-23-25(38)10-8-20-6-4-7-24(28(20)23)32-30(39)33-29-31(41-32)19(2)14-27-26-11-9-22(40-26)17-45(27)34(29)43-35(42-33)46-18-36-12-5-13-44(36)16-21(37)15-36/h1,4,6-8,10,19,21-22,26-27,40H,5,9,11-18H2,2H3/t19-,21+,22+,26-,27+,36-/m0/s1. The van der Waals surface area contributed by atoms with Crippen molar-refractivity contribution in [3.05, 3.63) is 53.2 Å².